The summed E-state index contributed by atoms with van der Waals surface area (Å²) in [4.78, 5) is 14.4. The SMILES string of the molecule is CC(=O)O[C@H]1CC[C@H]2[C@@H]3CC[C@H]4CN(Cc5ccccc5)C[C@]4(C)[C@H]3CC[C@]12C. The minimum atomic E-state index is -0.0954. The first-order chi connectivity index (χ1) is 13.9. The highest BCUT2D eigenvalue weighted by molar-refractivity contribution is 5.66. The molecule has 0 unspecified atom stereocenters. The molecule has 3 heteroatoms. The number of carbonyl (C=O) groups excluding carboxylic acids is 1. The van der Waals surface area contributed by atoms with Gasteiger partial charge >= 0.3 is 5.97 Å². The molecule has 4 aliphatic rings. The molecule has 3 aliphatic carbocycles. The van der Waals surface area contributed by atoms with Crippen molar-refractivity contribution in [3.63, 3.8) is 0 Å². The molecule has 3 nitrogen and oxygen atoms in total. The number of carbonyl (C=O) groups is 1. The molecule has 0 radical (unpaired) electrons. The van der Waals surface area contributed by atoms with Crippen LogP contribution >= 0.6 is 0 Å². The van der Waals surface area contributed by atoms with Crippen molar-refractivity contribution in [3.05, 3.63) is 35.9 Å². The normalized spacial score (nSPS) is 44.0. The minimum Gasteiger partial charge on any atom is -0.462 e. The number of fused-ring (bicyclic) bond motifs is 5. The minimum absolute atomic E-state index is 0.0954. The van der Waals surface area contributed by atoms with Crippen LogP contribution in [-0.4, -0.2) is 30.1 Å². The lowest BCUT2D eigenvalue weighted by molar-refractivity contribution is -0.158. The third-order valence-electron chi connectivity index (χ3n) is 9.58. The third kappa shape index (κ3) is 3.15. The zero-order valence-electron chi connectivity index (χ0n) is 18.4. The van der Waals surface area contributed by atoms with Crippen LogP contribution in [0.15, 0.2) is 30.3 Å². The summed E-state index contributed by atoms with van der Waals surface area (Å²) in [6, 6.07) is 11.0. The highest BCUT2D eigenvalue weighted by Gasteiger charge is 2.61. The molecule has 0 amide bonds. The number of esters is 1. The Morgan fingerprint density at radius 2 is 1.79 bits per heavy atom. The summed E-state index contributed by atoms with van der Waals surface area (Å²) >= 11 is 0. The van der Waals surface area contributed by atoms with Crippen molar-refractivity contribution >= 4 is 5.97 Å². The van der Waals surface area contributed by atoms with E-state index < -0.39 is 0 Å². The van der Waals surface area contributed by atoms with E-state index in [-0.39, 0.29) is 17.5 Å². The lowest BCUT2D eigenvalue weighted by Crippen LogP contribution is -2.52. The van der Waals surface area contributed by atoms with Crippen LogP contribution in [0.5, 0.6) is 0 Å². The fraction of sp³-hybridized carbons (Fsp3) is 0.731. The summed E-state index contributed by atoms with van der Waals surface area (Å²) < 4.78 is 5.81. The summed E-state index contributed by atoms with van der Waals surface area (Å²) in [7, 11) is 0. The Balaban J connectivity index is 1.33. The van der Waals surface area contributed by atoms with Crippen LogP contribution in [-0.2, 0) is 16.1 Å². The van der Waals surface area contributed by atoms with Crippen LogP contribution in [0.1, 0.15) is 64.9 Å². The molecule has 158 valence electrons. The van der Waals surface area contributed by atoms with Gasteiger partial charge in [-0.2, -0.15) is 0 Å². The van der Waals surface area contributed by atoms with Gasteiger partial charge in [0.05, 0.1) is 0 Å². The van der Waals surface area contributed by atoms with Crippen molar-refractivity contribution in [2.75, 3.05) is 13.1 Å². The van der Waals surface area contributed by atoms with Crippen molar-refractivity contribution in [3.8, 4) is 0 Å². The molecule has 1 heterocycles. The largest absolute Gasteiger partial charge is 0.462 e. The van der Waals surface area contributed by atoms with Crippen molar-refractivity contribution in [2.45, 2.75) is 71.9 Å². The van der Waals surface area contributed by atoms with E-state index in [0.717, 1.165) is 36.6 Å². The van der Waals surface area contributed by atoms with Crippen molar-refractivity contribution in [1.82, 2.24) is 4.90 Å². The van der Waals surface area contributed by atoms with Gasteiger partial charge in [0.25, 0.3) is 0 Å². The van der Waals surface area contributed by atoms with Gasteiger partial charge in [-0.25, -0.2) is 0 Å². The van der Waals surface area contributed by atoms with Crippen molar-refractivity contribution < 1.29 is 9.53 Å². The van der Waals surface area contributed by atoms with Gasteiger partial charge in [-0.15, -0.1) is 0 Å². The summed E-state index contributed by atoms with van der Waals surface area (Å²) in [5.74, 6) is 3.17. The van der Waals surface area contributed by atoms with Gasteiger partial charge in [0.15, 0.2) is 0 Å². The average molecular weight is 396 g/mol. The molecule has 4 fully saturated rings. The molecule has 7 atom stereocenters. The standard InChI is InChI=1S/C26H37NO2/c1-18(28)29-24-12-11-22-21-10-9-20-16-27(15-19-7-5-4-6-8-19)17-26(20,3)23(21)13-14-25(22,24)2/h4-8,20-24H,9-17H2,1-3H3/t20-,21-,22-,23-,24-,25-,26-/m0/s1. The first kappa shape index (κ1) is 19.6. The first-order valence-electron chi connectivity index (χ1n) is 11.8. The van der Waals surface area contributed by atoms with Gasteiger partial charge in [-0.3, -0.25) is 9.69 Å². The molecular formula is C26H37NO2. The summed E-state index contributed by atoms with van der Waals surface area (Å²) in [5, 5.41) is 0. The Morgan fingerprint density at radius 1 is 1.03 bits per heavy atom. The maximum atomic E-state index is 11.7. The van der Waals surface area contributed by atoms with Crippen LogP contribution in [0.2, 0.25) is 0 Å². The van der Waals surface area contributed by atoms with E-state index in [1.165, 1.54) is 50.8 Å². The number of likely N-dealkylation sites (tertiary alicyclic amines) is 1. The maximum Gasteiger partial charge on any atom is 0.302 e. The molecule has 3 saturated carbocycles. The number of rotatable bonds is 3. The molecule has 0 N–H and O–H groups in total. The average Bonchev–Trinajstić information content (AvgIpc) is 3.18. The van der Waals surface area contributed by atoms with Crippen LogP contribution in [0.25, 0.3) is 0 Å². The quantitative estimate of drug-likeness (QED) is 0.651. The summed E-state index contributed by atoms with van der Waals surface area (Å²) in [5.41, 5.74) is 2.11. The second-order valence-corrected chi connectivity index (χ2v) is 11.0. The van der Waals surface area contributed by atoms with E-state index in [9.17, 15) is 4.79 Å². The van der Waals surface area contributed by atoms with Crippen LogP contribution in [0, 0.1) is 34.5 Å². The number of nitrogens with zero attached hydrogens (tertiary/aromatic N) is 1. The Hall–Kier alpha value is -1.35. The molecule has 0 aromatic heterocycles. The van der Waals surface area contributed by atoms with Crippen LogP contribution < -0.4 is 0 Å². The number of benzene rings is 1. The van der Waals surface area contributed by atoms with Crippen molar-refractivity contribution in [2.24, 2.45) is 34.5 Å². The van der Waals surface area contributed by atoms with E-state index in [2.05, 4.69) is 49.1 Å². The lowest BCUT2D eigenvalue weighted by atomic mass is 9.48. The first-order valence-corrected chi connectivity index (χ1v) is 11.8. The second kappa shape index (κ2) is 7.11. The maximum absolute atomic E-state index is 11.7. The molecule has 1 aromatic rings. The van der Waals surface area contributed by atoms with Gasteiger partial charge in [-0.1, -0.05) is 44.2 Å². The summed E-state index contributed by atoms with van der Waals surface area (Å²) in [6.07, 6.45) is 7.80. The van der Waals surface area contributed by atoms with Gasteiger partial charge < -0.3 is 4.74 Å². The predicted octanol–water partition coefficient (Wildman–Crippen LogP) is 5.29. The van der Waals surface area contributed by atoms with E-state index >= 15 is 0 Å². The van der Waals surface area contributed by atoms with E-state index in [1.54, 1.807) is 6.92 Å². The Morgan fingerprint density at radius 3 is 2.55 bits per heavy atom. The predicted molar refractivity (Wildman–Crippen MR) is 115 cm³/mol. The van der Waals surface area contributed by atoms with E-state index in [0.29, 0.717) is 5.41 Å². The molecule has 1 saturated heterocycles. The molecular weight excluding hydrogens is 358 g/mol. The molecule has 0 spiro atoms. The van der Waals surface area contributed by atoms with Gasteiger partial charge in [0.1, 0.15) is 6.10 Å². The number of hydrogen-bond acceptors (Lipinski definition) is 3. The number of ether oxygens (including phenoxy) is 1. The fourth-order valence-corrected chi connectivity index (χ4v) is 8.25. The monoisotopic (exact) mass is 395 g/mol. The van der Waals surface area contributed by atoms with E-state index in [4.69, 9.17) is 4.74 Å². The van der Waals surface area contributed by atoms with Crippen LogP contribution in [0.4, 0.5) is 0 Å². The second-order valence-electron chi connectivity index (χ2n) is 11.0. The Kier molecular flexibility index (Phi) is 4.81. The molecule has 1 aromatic carbocycles. The zero-order chi connectivity index (χ0) is 20.2. The summed E-state index contributed by atoms with van der Waals surface area (Å²) in [6.45, 7) is 10.2. The van der Waals surface area contributed by atoms with Crippen molar-refractivity contribution in [1.29, 1.82) is 0 Å². The van der Waals surface area contributed by atoms with E-state index in [1.807, 2.05) is 0 Å². The smallest absolute Gasteiger partial charge is 0.302 e. The lowest BCUT2D eigenvalue weighted by Gasteiger charge is -2.57. The van der Waals surface area contributed by atoms with Gasteiger partial charge in [0, 0.05) is 32.0 Å². The number of hydrogen-bond donors (Lipinski definition) is 0. The van der Waals surface area contributed by atoms with Gasteiger partial charge in [-0.05, 0) is 73.2 Å². The Bertz CT molecular complexity index is 763. The van der Waals surface area contributed by atoms with Crippen LogP contribution in [0.3, 0.4) is 0 Å². The molecule has 1 aliphatic heterocycles. The topological polar surface area (TPSA) is 29.5 Å². The highest BCUT2D eigenvalue weighted by Crippen LogP contribution is 2.65. The molecule has 5 rings (SSSR count). The highest BCUT2D eigenvalue weighted by atomic mass is 16.5. The van der Waals surface area contributed by atoms with Gasteiger partial charge in [0.2, 0.25) is 0 Å². The fourth-order valence-electron chi connectivity index (χ4n) is 8.25. The Labute approximate surface area is 176 Å². The molecule has 29 heavy (non-hydrogen) atoms. The zero-order valence-corrected chi connectivity index (χ0v) is 18.4. The molecule has 0 bridgehead atoms. The third-order valence-corrected chi connectivity index (χ3v) is 9.58.